The number of nitrogen functional groups attached to an aromatic ring is 1. The van der Waals surface area contributed by atoms with Crippen LogP contribution >= 0.6 is 7.75 Å². The molecule has 0 aliphatic heterocycles. The zero-order valence-electron chi connectivity index (χ0n) is 24.4. The van der Waals surface area contributed by atoms with Crippen molar-refractivity contribution in [1.29, 1.82) is 0 Å². The number of ether oxygens (including phenoxy) is 1. The minimum Gasteiger partial charge on any atom is -0.460 e. The summed E-state index contributed by atoms with van der Waals surface area (Å²) in [4.78, 5) is 26.2. The Hall–Kier alpha value is -4.25. The molecule has 1 fully saturated rings. The summed E-state index contributed by atoms with van der Waals surface area (Å²) in [5.74, 6) is 1.18. The number of rotatable bonds is 14. The number of imidazole rings is 1. The summed E-state index contributed by atoms with van der Waals surface area (Å²) in [5.41, 5.74) is 8.21. The number of allylic oxidation sites excluding steroid dienone is 1. The molecule has 2 aliphatic rings. The molecule has 0 amide bonds. The zero-order valence-corrected chi connectivity index (χ0v) is 25.3. The van der Waals surface area contributed by atoms with Crippen LogP contribution < -0.4 is 20.7 Å². The molecule has 2 unspecified atom stereocenters. The van der Waals surface area contributed by atoms with Crippen LogP contribution in [0.5, 0.6) is 5.75 Å². The second-order valence-corrected chi connectivity index (χ2v) is 12.9. The Morgan fingerprint density at radius 3 is 2.59 bits per heavy atom. The standard InChI is InChI=1S/C31H36N7O5P/c1-21(30(39)41-18-23-8-4-2-5-9-23)37-44(40,43-26-10-6-3-7-11-26)42-19-24-14-15-25(16-24)38-20-34-27-28(33-17-22-12-13-22)35-31(32)36-29(27)38/h2-11,14-15,20-22,24-25H,12-13,16-19H2,1H3,(H,37,40)(H3,32,33,35,36)/t21?,24-,25+,44?/m1/s1. The normalized spacial score (nSPS) is 19.8. The zero-order chi connectivity index (χ0) is 30.5. The number of para-hydroxylation sites is 1. The van der Waals surface area contributed by atoms with Gasteiger partial charge < -0.3 is 24.9 Å². The van der Waals surface area contributed by atoms with E-state index in [0.717, 1.165) is 12.1 Å². The lowest BCUT2D eigenvalue weighted by atomic mass is 10.1. The van der Waals surface area contributed by atoms with Crippen LogP contribution in [0.15, 0.2) is 79.1 Å². The Kier molecular flexibility index (Phi) is 8.92. The van der Waals surface area contributed by atoms with Gasteiger partial charge in [-0.15, -0.1) is 0 Å². The van der Waals surface area contributed by atoms with Crippen LogP contribution in [0.4, 0.5) is 11.8 Å². The third-order valence-corrected chi connectivity index (χ3v) is 9.20. The summed E-state index contributed by atoms with van der Waals surface area (Å²) in [6.45, 7) is 2.59. The summed E-state index contributed by atoms with van der Waals surface area (Å²) in [6, 6.07) is 17.0. The SMILES string of the molecule is CC(NP(=O)(OC[C@@H]1C=C[C@H](n2cnc3c(NCC4CC4)nc(N)nc32)C1)Oc1ccccc1)C(=O)OCc1ccccc1. The summed E-state index contributed by atoms with van der Waals surface area (Å²) in [7, 11) is -3.99. The Bertz CT molecular complexity index is 1660. The van der Waals surface area contributed by atoms with E-state index < -0.39 is 19.8 Å². The van der Waals surface area contributed by atoms with Gasteiger partial charge in [-0.25, -0.2) is 9.55 Å². The van der Waals surface area contributed by atoms with Crippen LogP contribution in [0, 0.1) is 11.8 Å². The molecular weight excluding hydrogens is 581 g/mol. The lowest BCUT2D eigenvalue weighted by Gasteiger charge is -2.24. The molecule has 2 aromatic heterocycles. The van der Waals surface area contributed by atoms with Crippen molar-refractivity contribution >= 4 is 36.6 Å². The highest BCUT2D eigenvalue weighted by Gasteiger charge is 2.34. The highest BCUT2D eigenvalue weighted by atomic mass is 31.2. The van der Waals surface area contributed by atoms with Gasteiger partial charge in [0.25, 0.3) is 0 Å². The fourth-order valence-electron chi connectivity index (χ4n) is 4.99. The number of carbonyl (C=O) groups is 1. The molecule has 0 spiro atoms. The molecule has 44 heavy (non-hydrogen) atoms. The maximum absolute atomic E-state index is 14.0. The molecule has 2 aliphatic carbocycles. The fraction of sp³-hybridized carbons (Fsp3) is 0.355. The van der Waals surface area contributed by atoms with Crippen LogP contribution in [-0.4, -0.2) is 44.7 Å². The smallest absolute Gasteiger partial charge is 0.459 e. The molecule has 12 nitrogen and oxygen atoms in total. The molecule has 13 heteroatoms. The van der Waals surface area contributed by atoms with Crippen LogP contribution in [-0.2, 0) is 25.2 Å². The van der Waals surface area contributed by atoms with Gasteiger partial charge in [-0.05, 0) is 49.8 Å². The van der Waals surface area contributed by atoms with E-state index >= 15 is 0 Å². The Morgan fingerprint density at radius 1 is 1.09 bits per heavy atom. The molecule has 4 aromatic rings. The minimum absolute atomic E-state index is 0.0616. The number of benzene rings is 2. The Morgan fingerprint density at radius 2 is 1.84 bits per heavy atom. The van der Waals surface area contributed by atoms with Gasteiger partial charge in [-0.1, -0.05) is 60.7 Å². The molecule has 4 atom stereocenters. The van der Waals surface area contributed by atoms with Gasteiger partial charge in [0, 0.05) is 12.5 Å². The predicted octanol–water partition coefficient (Wildman–Crippen LogP) is 5.27. The summed E-state index contributed by atoms with van der Waals surface area (Å²) < 4.78 is 33.1. The van der Waals surface area contributed by atoms with Gasteiger partial charge in [0.2, 0.25) is 5.95 Å². The van der Waals surface area contributed by atoms with Crippen LogP contribution in [0.3, 0.4) is 0 Å². The van der Waals surface area contributed by atoms with Gasteiger partial charge in [0.1, 0.15) is 18.4 Å². The third-order valence-electron chi connectivity index (χ3n) is 7.56. The monoisotopic (exact) mass is 617 g/mol. The van der Waals surface area contributed by atoms with Gasteiger partial charge in [0.05, 0.1) is 19.0 Å². The molecule has 1 saturated carbocycles. The van der Waals surface area contributed by atoms with Gasteiger partial charge in [-0.2, -0.15) is 15.1 Å². The van der Waals surface area contributed by atoms with E-state index in [-0.39, 0.29) is 31.1 Å². The Balaban J connectivity index is 1.10. The average Bonchev–Trinajstić information content (AvgIpc) is 3.57. The van der Waals surface area contributed by atoms with Crippen molar-refractivity contribution in [3.8, 4) is 5.75 Å². The Labute approximate surface area is 255 Å². The summed E-state index contributed by atoms with van der Waals surface area (Å²) in [6.07, 6.45) is 8.89. The lowest BCUT2D eigenvalue weighted by Crippen LogP contribution is -2.35. The first kappa shape index (κ1) is 29.8. The number of nitrogens with zero attached hydrogens (tertiary/aromatic N) is 4. The predicted molar refractivity (Wildman–Crippen MR) is 167 cm³/mol. The maximum atomic E-state index is 14.0. The van der Waals surface area contributed by atoms with Gasteiger partial charge in [-0.3, -0.25) is 9.32 Å². The molecule has 230 valence electrons. The minimum atomic E-state index is -3.99. The first-order valence-corrected chi connectivity index (χ1v) is 16.3. The van der Waals surface area contributed by atoms with E-state index in [1.165, 1.54) is 12.8 Å². The number of aromatic nitrogens is 4. The van der Waals surface area contributed by atoms with E-state index in [2.05, 4.69) is 25.4 Å². The van der Waals surface area contributed by atoms with E-state index in [9.17, 15) is 9.36 Å². The molecule has 2 heterocycles. The van der Waals surface area contributed by atoms with Crippen LogP contribution in [0.2, 0.25) is 0 Å². The van der Waals surface area contributed by atoms with Crippen LogP contribution in [0.1, 0.15) is 37.8 Å². The molecule has 2 aromatic carbocycles. The molecule has 0 bridgehead atoms. The first-order chi connectivity index (χ1) is 21.3. The number of hydrogen-bond acceptors (Lipinski definition) is 10. The number of hydrogen-bond donors (Lipinski definition) is 3. The first-order valence-electron chi connectivity index (χ1n) is 14.7. The molecule has 0 radical (unpaired) electrons. The number of anilines is 2. The van der Waals surface area contributed by atoms with Crippen LogP contribution in [0.25, 0.3) is 11.2 Å². The summed E-state index contributed by atoms with van der Waals surface area (Å²) >= 11 is 0. The molecule has 4 N–H and O–H groups in total. The van der Waals surface area contributed by atoms with Crippen molar-refractivity contribution in [2.24, 2.45) is 11.8 Å². The second-order valence-electron chi connectivity index (χ2n) is 11.2. The highest BCUT2D eigenvalue weighted by Crippen LogP contribution is 2.46. The van der Waals surface area contributed by atoms with E-state index in [0.29, 0.717) is 35.1 Å². The number of carbonyl (C=O) groups excluding carboxylic acids is 1. The number of fused-ring (bicyclic) bond motifs is 1. The van der Waals surface area contributed by atoms with Crippen molar-refractivity contribution in [2.45, 2.75) is 44.9 Å². The quantitative estimate of drug-likeness (QED) is 0.0962. The second kappa shape index (κ2) is 13.2. The maximum Gasteiger partial charge on any atom is 0.459 e. The van der Waals surface area contributed by atoms with Crippen molar-refractivity contribution in [3.05, 3.63) is 84.7 Å². The fourth-order valence-corrected chi connectivity index (χ4v) is 6.54. The topological polar surface area (TPSA) is 156 Å². The number of nitrogens with two attached hydrogens (primary N) is 1. The number of nitrogens with one attached hydrogen (secondary N) is 2. The van der Waals surface area contributed by atoms with Gasteiger partial charge in [0.15, 0.2) is 17.0 Å². The molecule has 0 saturated heterocycles. The van der Waals surface area contributed by atoms with Crippen molar-refractivity contribution < 1.29 is 23.1 Å². The van der Waals surface area contributed by atoms with E-state index in [1.807, 2.05) is 53.1 Å². The van der Waals surface area contributed by atoms with E-state index in [1.54, 1.807) is 37.5 Å². The number of esters is 1. The third kappa shape index (κ3) is 7.45. The van der Waals surface area contributed by atoms with Crippen molar-refractivity contribution in [2.75, 3.05) is 24.2 Å². The van der Waals surface area contributed by atoms with Crippen molar-refractivity contribution in [3.63, 3.8) is 0 Å². The average molecular weight is 618 g/mol. The van der Waals surface area contributed by atoms with Crippen molar-refractivity contribution in [1.82, 2.24) is 24.6 Å². The molecular formula is C31H36N7O5P. The highest BCUT2D eigenvalue weighted by molar-refractivity contribution is 7.52. The largest absolute Gasteiger partial charge is 0.460 e. The lowest BCUT2D eigenvalue weighted by molar-refractivity contribution is -0.146. The summed E-state index contributed by atoms with van der Waals surface area (Å²) in [5, 5.41) is 6.13. The van der Waals surface area contributed by atoms with E-state index in [4.69, 9.17) is 19.5 Å². The van der Waals surface area contributed by atoms with Gasteiger partial charge >= 0.3 is 13.7 Å². The molecule has 6 rings (SSSR count).